The second-order valence-electron chi connectivity index (χ2n) is 8.49. The van der Waals surface area contributed by atoms with Gasteiger partial charge < -0.3 is 15.3 Å². The summed E-state index contributed by atoms with van der Waals surface area (Å²) in [5.74, 6) is -2.08. The molecule has 0 unspecified atom stereocenters. The summed E-state index contributed by atoms with van der Waals surface area (Å²) < 4.78 is 0. The average Bonchev–Trinajstić information content (AvgIpc) is 2.83. The van der Waals surface area contributed by atoms with Crippen molar-refractivity contribution in [3.8, 4) is 0 Å². The largest absolute Gasteiger partial charge is 0.477 e. The third-order valence-electron chi connectivity index (χ3n) is 5.95. The number of nitrogens with zero attached hydrogens (tertiary/aromatic N) is 1. The number of fused-ring (bicyclic) bond motifs is 1. The summed E-state index contributed by atoms with van der Waals surface area (Å²) in [6.07, 6.45) is 3.35. The van der Waals surface area contributed by atoms with Crippen LogP contribution in [-0.4, -0.2) is 29.2 Å². The van der Waals surface area contributed by atoms with Gasteiger partial charge in [-0.05, 0) is 85.4 Å². The molecule has 0 spiro atoms. The number of carboxylic acid groups (broad SMARTS) is 1. The maximum atomic E-state index is 12.9. The fraction of sp³-hybridized carbons (Fsp3) is 0.179. The second kappa shape index (κ2) is 9.75. The molecule has 0 atom stereocenters. The molecule has 172 valence electrons. The van der Waals surface area contributed by atoms with Gasteiger partial charge >= 0.3 is 5.97 Å². The van der Waals surface area contributed by atoms with Crippen LogP contribution in [0, 0.1) is 19.3 Å². The van der Waals surface area contributed by atoms with Crippen molar-refractivity contribution >= 4 is 40.7 Å². The molecular weight excluding hydrogens is 426 g/mol. The van der Waals surface area contributed by atoms with E-state index in [1.165, 1.54) is 22.9 Å². The van der Waals surface area contributed by atoms with E-state index >= 15 is 0 Å². The maximum Gasteiger partial charge on any atom is 0.354 e. The number of carbonyl (C=O) groups excluding carboxylic acids is 1. The van der Waals surface area contributed by atoms with E-state index in [-0.39, 0.29) is 5.57 Å². The van der Waals surface area contributed by atoms with E-state index in [1.54, 1.807) is 24.3 Å². The van der Waals surface area contributed by atoms with Gasteiger partial charge in [-0.15, -0.1) is 0 Å². The van der Waals surface area contributed by atoms with Crippen LogP contribution in [0.4, 0.5) is 17.1 Å². The van der Waals surface area contributed by atoms with Gasteiger partial charge in [-0.1, -0.05) is 36.4 Å². The summed E-state index contributed by atoms with van der Waals surface area (Å²) in [6, 6.07) is 21.1. The highest BCUT2D eigenvalue weighted by molar-refractivity contribution is 6.50. The summed E-state index contributed by atoms with van der Waals surface area (Å²) in [5, 5.41) is 20.1. The highest BCUT2D eigenvalue weighted by Gasteiger charge is 2.23. The Morgan fingerprint density at radius 1 is 1.00 bits per heavy atom. The van der Waals surface area contributed by atoms with E-state index in [0.717, 1.165) is 30.6 Å². The van der Waals surface area contributed by atoms with Crippen LogP contribution in [0.15, 0.2) is 72.3 Å². The molecule has 0 aromatic heterocycles. The Morgan fingerprint density at radius 3 is 2.50 bits per heavy atom. The zero-order valence-electron chi connectivity index (χ0n) is 19.3. The molecule has 1 aliphatic heterocycles. The van der Waals surface area contributed by atoms with Gasteiger partial charge in [0.15, 0.2) is 5.71 Å². The number of carboxylic acids is 1. The lowest BCUT2D eigenvalue weighted by molar-refractivity contribution is -0.129. The van der Waals surface area contributed by atoms with E-state index in [0.29, 0.717) is 11.3 Å². The van der Waals surface area contributed by atoms with Crippen LogP contribution in [0.5, 0.6) is 0 Å². The normalized spacial score (nSPS) is 13.2. The lowest BCUT2D eigenvalue weighted by Crippen LogP contribution is -2.26. The predicted octanol–water partition coefficient (Wildman–Crippen LogP) is 5.51. The minimum Gasteiger partial charge on any atom is -0.477 e. The molecule has 0 radical (unpaired) electrons. The van der Waals surface area contributed by atoms with E-state index in [2.05, 4.69) is 42.3 Å². The number of nitrogens with one attached hydrogen (secondary N) is 2. The summed E-state index contributed by atoms with van der Waals surface area (Å²) in [5.41, 5.74) is 6.11. The number of aliphatic carboxylic acids is 1. The quantitative estimate of drug-likeness (QED) is 0.339. The molecule has 0 saturated carbocycles. The predicted molar refractivity (Wildman–Crippen MR) is 136 cm³/mol. The molecule has 1 aliphatic rings. The van der Waals surface area contributed by atoms with Crippen molar-refractivity contribution < 1.29 is 14.7 Å². The van der Waals surface area contributed by atoms with Gasteiger partial charge in [0.05, 0.1) is 5.57 Å². The van der Waals surface area contributed by atoms with Crippen molar-refractivity contribution in [3.63, 3.8) is 0 Å². The van der Waals surface area contributed by atoms with Crippen LogP contribution in [0.3, 0.4) is 0 Å². The van der Waals surface area contributed by atoms with E-state index in [1.807, 2.05) is 24.3 Å². The van der Waals surface area contributed by atoms with Gasteiger partial charge in [-0.2, -0.15) is 0 Å². The molecule has 0 aliphatic carbocycles. The molecule has 4 rings (SSSR count). The van der Waals surface area contributed by atoms with Gasteiger partial charge in [-0.3, -0.25) is 10.2 Å². The molecular formula is C28H27N3O3. The van der Waals surface area contributed by atoms with Crippen LogP contribution in [0.25, 0.3) is 6.08 Å². The zero-order valence-corrected chi connectivity index (χ0v) is 19.3. The van der Waals surface area contributed by atoms with Crippen molar-refractivity contribution in [2.24, 2.45) is 0 Å². The minimum absolute atomic E-state index is 0.196. The molecule has 1 amide bonds. The average molecular weight is 454 g/mol. The number of para-hydroxylation sites is 1. The number of benzene rings is 3. The van der Waals surface area contributed by atoms with Gasteiger partial charge in [0.25, 0.3) is 5.91 Å². The lowest BCUT2D eigenvalue weighted by atomic mass is 9.96. The molecule has 3 aromatic carbocycles. The first kappa shape index (κ1) is 23.0. The molecule has 6 nitrogen and oxygen atoms in total. The molecule has 3 N–H and O–H groups in total. The Bertz CT molecular complexity index is 1300. The van der Waals surface area contributed by atoms with Crippen molar-refractivity contribution in [1.29, 1.82) is 5.41 Å². The molecule has 0 saturated heterocycles. The Hall–Kier alpha value is -4.19. The topological polar surface area (TPSA) is 93.5 Å². The van der Waals surface area contributed by atoms with Crippen molar-refractivity contribution in [2.75, 3.05) is 16.8 Å². The molecule has 1 heterocycles. The third-order valence-corrected chi connectivity index (χ3v) is 5.95. The lowest BCUT2D eigenvalue weighted by Gasteiger charge is -2.33. The second-order valence-corrected chi connectivity index (χ2v) is 8.49. The van der Waals surface area contributed by atoms with E-state index in [4.69, 9.17) is 5.41 Å². The summed E-state index contributed by atoms with van der Waals surface area (Å²) in [6.45, 7) is 5.11. The number of rotatable bonds is 6. The summed E-state index contributed by atoms with van der Waals surface area (Å²) in [7, 11) is 0. The number of anilines is 3. The molecule has 6 heteroatoms. The monoisotopic (exact) mass is 453 g/mol. The molecule has 3 aromatic rings. The number of hydrogen-bond acceptors (Lipinski definition) is 4. The highest BCUT2D eigenvalue weighted by Crippen LogP contribution is 2.36. The highest BCUT2D eigenvalue weighted by atomic mass is 16.4. The van der Waals surface area contributed by atoms with Crippen LogP contribution >= 0.6 is 0 Å². The molecule has 34 heavy (non-hydrogen) atoms. The van der Waals surface area contributed by atoms with E-state index < -0.39 is 17.6 Å². The van der Waals surface area contributed by atoms with E-state index in [9.17, 15) is 14.7 Å². The van der Waals surface area contributed by atoms with Crippen molar-refractivity contribution in [1.82, 2.24) is 0 Å². The molecule has 0 fully saturated rings. The zero-order chi connectivity index (χ0) is 24.2. The smallest absolute Gasteiger partial charge is 0.354 e. The van der Waals surface area contributed by atoms with Crippen molar-refractivity contribution in [3.05, 3.63) is 94.6 Å². The standard InChI is InChI=1S/C28H27N3O3/c1-18-10-11-19(2)25(15-18)31-14-6-7-21-16-20(12-13-24(21)31)17-23(26(29)28(33)34)27(32)30-22-8-4-3-5-9-22/h3-5,8-13,15-17,29H,6-7,14H2,1-2H3,(H,30,32)(H,33,34)/b23-17-,29-26?. The Kier molecular flexibility index (Phi) is 6.59. The van der Waals surface area contributed by atoms with Crippen LogP contribution in [0.1, 0.15) is 28.7 Å². The Morgan fingerprint density at radius 2 is 1.76 bits per heavy atom. The first-order chi connectivity index (χ1) is 16.3. The maximum absolute atomic E-state index is 12.9. The number of hydrogen-bond donors (Lipinski definition) is 3. The number of amides is 1. The minimum atomic E-state index is -1.45. The number of aryl methyl sites for hydroxylation is 3. The number of carbonyl (C=O) groups is 2. The van der Waals surface area contributed by atoms with Crippen LogP contribution in [0.2, 0.25) is 0 Å². The fourth-order valence-corrected chi connectivity index (χ4v) is 4.22. The fourth-order valence-electron chi connectivity index (χ4n) is 4.22. The first-order valence-electron chi connectivity index (χ1n) is 11.2. The third kappa shape index (κ3) is 4.91. The molecule has 0 bridgehead atoms. The first-order valence-corrected chi connectivity index (χ1v) is 11.2. The van der Waals surface area contributed by atoms with Gasteiger partial charge in [-0.25, -0.2) is 4.79 Å². The van der Waals surface area contributed by atoms with Gasteiger partial charge in [0, 0.05) is 23.6 Å². The Balaban J connectivity index is 1.69. The summed E-state index contributed by atoms with van der Waals surface area (Å²) >= 11 is 0. The van der Waals surface area contributed by atoms with Crippen molar-refractivity contribution in [2.45, 2.75) is 26.7 Å². The Labute approximate surface area is 199 Å². The van der Waals surface area contributed by atoms with Crippen LogP contribution in [-0.2, 0) is 16.0 Å². The van der Waals surface area contributed by atoms with Gasteiger partial charge in [0.1, 0.15) is 0 Å². The SMILES string of the molecule is Cc1ccc(C)c(N2CCCc3cc(/C=C(/C(=N)C(=O)O)C(=O)Nc4ccccc4)ccc32)c1. The van der Waals surface area contributed by atoms with Crippen LogP contribution < -0.4 is 10.2 Å². The van der Waals surface area contributed by atoms with Gasteiger partial charge in [0.2, 0.25) is 0 Å². The summed E-state index contributed by atoms with van der Waals surface area (Å²) in [4.78, 5) is 26.7.